The molecule has 1 aliphatic rings. The van der Waals surface area contributed by atoms with E-state index in [1.807, 2.05) is 31.3 Å². The number of thiazole rings is 1. The Bertz CT molecular complexity index is 936. The zero-order valence-corrected chi connectivity index (χ0v) is 17.3. The van der Waals surface area contributed by atoms with Crippen molar-refractivity contribution in [1.82, 2.24) is 24.8 Å². The second-order valence-electron chi connectivity index (χ2n) is 7.05. The second-order valence-corrected chi connectivity index (χ2v) is 8.29. The quantitative estimate of drug-likeness (QED) is 0.658. The predicted octanol–water partition coefficient (Wildman–Crippen LogP) is 3.76. The van der Waals surface area contributed by atoms with Crippen LogP contribution in [0, 0.1) is 13.8 Å². The van der Waals surface area contributed by atoms with Crippen LogP contribution in [0.25, 0.3) is 0 Å². The molecule has 0 amide bonds. The predicted molar refractivity (Wildman–Crippen MR) is 111 cm³/mol. The highest BCUT2D eigenvalue weighted by Crippen LogP contribution is 2.25. The van der Waals surface area contributed by atoms with Gasteiger partial charge < -0.3 is 15.0 Å². The molecule has 4 rings (SSSR count). The molecule has 1 saturated heterocycles. The van der Waals surface area contributed by atoms with Crippen LogP contribution in [0.1, 0.15) is 40.8 Å². The molecule has 2 N–H and O–H groups in total. The third kappa shape index (κ3) is 4.40. The SMILES string of the molecule is CCc1nc(CN2CCOC(c3cccc(Nc4ncc(C)s4)n3)C2)c(C)[nH]1. The first kappa shape index (κ1) is 19.0. The molecular formula is C20H26N6OS. The Labute approximate surface area is 169 Å². The lowest BCUT2D eigenvalue weighted by Gasteiger charge is -2.32. The van der Waals surface area contributed by atoms with E-state index in [2.05, 4.69) is 34.0 Å². The summed E-state index contributed by atoms with van der Waals surface area (Å²) in [6.07, 6.45) is 2.74. The maximum Gasteiger partial charge on any atom is 0.188 e. The number of pyridine rings is 1. The molecule has 1 atom stereocenters. The molecule has 0 bridgehead atoms. The molecule has 148 valence electrons. The van der Waals surface area contributed by atoms with E-state index in [4.69, 9.17) is 14.7 Å². The van der Waals surface area contributed by atoms with Gasteiger partial charge in [0.15, 0.2) is 5.13 Å². The highest BCUT2D eigenvalue weighted by atomic mass is 32.1. The van der Waals surface area contributed by atoms with Crippen molar-refractivity contribution in [2.45, 2.75) is 39.8 Å². The number of aryl methyl sites for hydroxylation is 3. The maximum atomic E-state index is 6.02. The lowest BCUT2D eigenvalue weighted by Crippen LogP contribution is -2.38. The molecule has 7 nitrogen and oxygen atoms in total. The fourth-order valence-electron chi connectivity index (χ4n) is 3.34. The lowest BCUT2D eigenvalue weighted by molar-refractivity contribution is -0.0353. The van der Waals surface area contributed by atoms with E-state index in [0.717, 1.165) is 59.9 Å². The minimum absolute atomic E-state index is 0.0431. The van der Waals surface area contributed by atoms with E-state index >= 15 is 0 Å². The van der Waals surface area contributed by atoms with Gasteiger partial charge in [-0.25, -0.2) is 15.0 Å². The van der Waals surface area contributed by atoms with Crippen LogP contribution in [0.5, 0.6) is 0 Å². The molecule has 3 aromatic heterocycles. The molecule has 3 aromatic rings. The first-order valence-corrected chi connectivity index (χ1v) is 10.5. The van der Waals surface area contributed by atoms with Crippen LogP contribution in [0.15, 0.2) is 24.4 Å². The highest BCUT2D eigenvalue weighted by molar-refractivity contribution is 7.15. The molecule has 0 spiro atoms. The van der Waals surface area contributed by atoms with E-state index in [-0.39, 0.29) is 6.10 Å². The van der Waals surface area contributed by atoms with Crippen LogP contribution >= 0.6 is 11.3 Å². The van der Waals surface area contributed by atoms with Gasteiger partial charge in [0, 0.05) is 42.8 Å². The van der Waals surface area contributed by atoms with Gasteiger partial charge in [-0.05, 0) is 26.0 Å². The summed E-state index contributed by atoms with van der Waals surface area (Å²) in [5, 5.41) is 4.14. The number of ether oxygens (including phenoxy) is 1. The molecule has 0 aliphatic carbocycles. The zero-order chi connectivity index (χ0) is 19.5. The van der Waals surface area contributed by atoms with Gasteiger partial charge in [0.1, 0.15) is 17.7 Å². The number of imidazole rings is 1. The van der Waals surface area contributed by atoms with Crippen molar-refractivity contribution in [3.05, 3.63) is 52.2 Å². The topological polar surface area (TPSA) is 79.0 Å². The van der Waals surface area contributed by atoms with Crippen molar-refractivity contribution in [3.8, 4) is 0 Å². The van der Waals surface area contributed by atoms with Crippen LogP contribution in [0.2, 0.25) is 0 Å². The van der Waals surface area contributed by atoms with E-state index in [0.29, 0.717) is 6.61 Å². The summed E-state index contributed by atoms with van der Waals surface area (Å²) in [6.45, 7) is 9.49. The smallest absolute Gasteiger partial charge is 0.188 e. The van der Waals surface area contributed by atoms with Gasteiger partial charge in [0.05, 0.1) is 18.0 Å². The minimum Gasteiger partial charge on any atom is -0.369 e. The zero-order valence-electron chi connectivity index (χ0n) is 16.5. The van der Waals surface area contributed by atoms with Crippen LogP contribution < -0.4 is 5.32 Å². The van der Waals surface area contributed by atoms with Gasteiger partial charge in [-0.15, -0.1) is 11.3 Å². The molecule has 28 heavy (non-hydrogen) atoms. The largest absolute Gasteiger partial charge is 0.369 e. The van der Waals surface area contributed by atoms with Crippen LogP contribution in [-0.2, 0) is 17.7 Å². The first-order chi connectivity index (χ1) is 13.6. The summed E-state index contributed by atoms with van der Waals surface area (Å²) >= 11 is 1.62. The summed E-state index contributed by atoms with van der Waals surface area (Å²) < 4.78 is 6.02. The van der Waals surface area contributed by atoms with Gasteiger partial charge in [0.2, 0.25) is 0 Å². The van der Waals surface area contributed by atoms with E-state index < -0.39 is 0 Å². The average Bonchev–Trinajstić information content (AvgIpc) is 3.27. The molecule has 0 aromatic carbocycles. The summed E-state index contributed by atoms with van der Waals surface area (Å²) in [5.41, 5.74) is 3.22. The number of hydrogen-bond acceptors (Lipinski definition) is 7. The number of aromatic amines is 1. The molecule has 1 fully saturated rings. The van der Waals surface area contributed by atoms with Crippen LogP contribution in [-0.4, -0.2) is 44.5 Å². The number of aromatic nitrogens is 4. The Morgan fingerprint density at radius 2 is 2.21 bits per heavy atom. The number of hydrogen-bond donors (Lipinski definition) is 2. The van der Waals surface area contributed by atoms with E-state index in [1.165, 1.54) is 4.88 Å². The Hall–Kier alpha value is -2.29. The third-order valence-electron chi connectivity index (χ3n) is 4.85. The van der Waals surface area contributed by atoms with Gasteiger partial charge in [-0.3, -0.25) is 4.90 Å². The first-order valence-electron chi connectivity index (χ1n) is 9.65. The Morgan fingerprint density at radius 1 is 1.32 bits per heavy atom. The van der Waals surface area contributed by atoms with Crippen molar-refractivity contribution in [3.63, 3.8) is 0 Å². The summed E-state index contributed by atoms with van der Waals surface area (Å²) in [6, 6.07) is 6.00. The van der Waals surface area contributed by atoms with Gasteiger partial charge >= 0.3 is 0 Å². The summed E-state index contributed by atoms with van der Waals surface area (Å²) in [5.74, 6) is 1.85. The van der Waals surface area contributed by atoms with Crippen LogP contribution in [0.4, 0.5) is 10.9 Å². The molecule has 1 aliphatic heterocycles. The van der Waals surface area contributed by atoms with E-state index in [9.17, 15) is 0 Å². The monoisotopic (exact) mass is 398 g/mol. The van der Waals surface area contributed by atoms with Crippen molar-refractivity contribution in [2.75, 3.05) is 25.0 Å². The number of nitrogens with one attached hydrogen (secondary N) is 2. The van der Waals surface area contributed by atoms with Gasteiger partial charge in [-0.1, -0.05) is 13.0 Å². The fraction of sp³-hybridized carbons (Fsp3) is 0.450. The second kappa shape index (κ2) is 8.38. The maximum absolute atomic E-state index is 6.02. The van der Waals surface area contributed by atoms with Crippen molar-refractivity contribution in [2.24, 2.45) is 0 Å². The number of H-pyrrole nitrogens is 1. The third-order valence-corrected chi connectivity index (χ3v) is 5.68. The number of morpholine rings is 1. The molecule has 0 saturated carbocycles. The van der Waals surface area contributed by atoms with Gasteiger partial charge in [-0.2, -0.15) is 0 Å². The van der Waals surface area contributed by atoms with Gasteiger partial charge in [0.25, 0.3) is 0 Å². The summed E-state index contributed by atoms with van der Waals surface area (Å²) in [4.78, 5) is 20.7. The molecule has 1 unspecified atom stereocenters. The number of rotatable bonds is 6. The number of nitrogens with zero attached hydrogens (tertiary/aromatic N) is 4. The molecular weight excluding hydrogens is 372 g/mol. The highest BCUT2D eigenvalue weighted by Gasteiger charge is 2.24. The fourth-order valence-corrected chi connectivity index (χ4v) is 4.02. The minimum atomic E-state index is -0.0431. The molecule has 8 heteroatoms. The molecule has 4 heterocycles. The van der Waals surface area contributed by atoms with Crippen molar-refractivity contribution < 1.29 is 4.74 Å². The average molecular weight is 399 g/mol. The van der Waals surface area contributed by atoms with Crippen molar-refractivity contribution >= 4 is 22.3 Å². The Morgan fingerprint density at radius 3 is 2.96 bits per heavy atom. The molecule has 0 radical (unpaired) electrons. The van der Waals surface area contributed by atoms with Crippen molar-refractivity contribution in [1.29, 1.82) is 0 Å². The standard InChI is InChI=1S/C20H26N6OS/c1-4-18-22-14(3)16(24-18)11-26-8-9-27-17(12-26)15-6-5-7-19(23-15)25-20-21-10-13(2)28-20/h5-7,10,17H,4,8-9,11-12H2,1-3H3,(H,22,24)(H,21,23,25). The Balaban J connectivity index is 1.44. The normalized spacial score (nSPS) is 17.8. The Kier molecular flexibility index (Phi) is 5.70. The lowest BCUT2D eigenvalue weighted by atomic mass is 10.1. The van der Waals surface area contributed by atoms with Crippen LogP contribution in [0.3, 0.4) is 0 Å². The summed E-state index contributed by atoms with van der Waals surface area (Å²) in [7, 11) is 0. The van der Waals surface area contributed by atoms with E-state index in [1.54, 1.807) is 11.3 Å². The number of anilines is 2.